The van der Waals surface area contributed by atoms with Gasteiger partial charge in [0.2, 0.25) is 0 Å². The normalized spacial score (nSPS) is 17.3. The van der Waals surface area contributed by atoms with Crippen LogP contribution in [0, 0.1) is 5.92 Å². The number of benzene rings is 1. The molecule has 0 amide bonds. The minimum absolute atomic E-state index is 0. The van der Waals surface area contributed by atoms with Crippen molar-refractivity contribution in [2.75, 3.05) is 50.8 Å². The van der Waals surface area contributed by atoms with Crippen LogP contribution >= 0.6 is 39.9 Å². The maximum Gasteiger partial charge on any atom is 0.191 e. The van der Waals surface area contributed by atoms with Crippen molar-refractivity contribution in [1.82, 2.24) is 10.6 Å². The van der Waals surface area contributed by atoms with Crippen molar-refractivity contribution in [3.05, 3.63) is 28.7 Å². The zero-order valence-corrected chi connectivity index (χ0v) is 19.0. The van der Waals surface area contributed by atoms with E-state index in [0.717, 1.165) is 49.8 Å². The molecule has 0 bridgehead atoms. The molecule has 1 aromatic rings. The van der Waals surface area contributed by atoms with Crippen LogP contribution in [0.3, 0.4) is 0 Å². The van der Waals surface area contributed by atoms with Gasteiger partial charge in [-0.2, -0.15) is 0 Å². The Morgan fingerprint density at radius 2 is 2.20 bits per heavy atom. The number of anilines is 1. The third-order valence-electron chi connectivity index (χ3n) is 4.05. The Kier molecular flexibility index (Phi) is 11.5. The number of ether oxygens (including phenoxy) is 1. The van der Waals surface area contributed by atoms with E-state index in [1.807, 2.05) is 6.92 Å². The molecule has 0 aliphatic carbocycles. The van der Waals surface area contributed by atoms with Gasteiger partial charge in [-0.1, -0.05) is 22.0 Å². The van der Waals surface area contributed by atoms with E-state index in [1.165, 1.54) is 12.1 Å². The number of aliphatic imine (C=N–C) groups is 1. The monoisotopic (exact) mass is 524 g/mol. The Morgan fingerprint density at radius 3 is 2.92 bits per heavy atom. The molecule has 1 atom stereocenters. The highest BCUT2D eigenvalue weighted by Crippen LogP contribution is 2.26. The quantitative estimate of drug-likeness (QED) is 0.236. The van der Waals surface area contributed by atoms with Crippen molar-refractivity contribution >= 4 is 51.6 Å². The standard InChI is InChI=1S/C18H29BrN4O.HI/c1-3-20-18(21-9-11-24-4-2)22-13-15-8-10-23(14-15)17-7-5-6-16(19)12-17;/h5-7,12,15H,3-4,8-11,13-14H2,1-2H3,(H2,20,21,22);1H. The van der Waals surface area contributed by atoms with E-state index in [1.54, 1.807) is 0 Å². The van der Waals surface area contributed by atoms with E-state index in [-0.39, 0.29) is 24.0 Å². The molecule has 5 nitrogen and oxygen atoms in total. The first-order chi connectivity index (χ1) is 11.7. The zero-order valence-electron chi connectivity index (χ0n) is 15.1. The molecule has 1 heterocycles. The second-order valence-electron chi connectivity index (χ2n) is 5.92. The molecule has 1 fully saturated rings. The first-order valence-electron chi connectivity index (χ1n) is 8.83. The van der Waals surface area contributed by atoms with Crippen molar-refractivity contribution in [3.8, 4) is 0 Å². The summed E-state index contributed by atoms with van der Waals surface area (Å²) in [6.07, 6.45) is 1.19. The molecule has 25 heavy (non-hydrogen) atoms. The average molecular weight is 525 g/mol. The number of halogens is 2. The molecule has 0 spiro atoms. The molecule has 0 radical (unpaired) electrons. The van der Waals surface area contributed by atoms with Gasteiger partial charge in [-0.05, 0) is 44.4 Å². The summed E-state index contributed by atoms with van der Waals surface area (Å²) in [6.45, 7) is 10.2. The average Bonchev–Trinajstić information content (AvgIpc) is 3.05. The summed E-state index contributed by atoms with van der Waals surface area (Å²) in [7, 11) is 0. The number of guanidine groups is 1. The summed E-state index contributed by atoms with van der Waals surface area (Å²) in [5.74, 6) is 1.49. The van der Waals surface area contributed by atoms with Crippen LogP contribution in [-0.4, -0.2) is 51.9 Å². The number of hydrogen-bond acceptors (Lipinski definition) is 3. The van der Waals surface area contributed by atoms with Gasteiger partial charge in [-0.25, -0.2) is 0 Å². The van der Waals surface area contributed by atoms with Crippen molar-refractivity contribution < 1.29 is 4.74 Å². The predicted molar refractivity (Wildman–Crippen MR) is 120 cm³/mol. The van der Waals surface area contributed by atoms with E-state index in [0.29, 0.717) is 12.5 Å². The van der Waals surface area contributed by atoms with Crippen molar-refractivity contribution in [2.24, 2.45) is 10.9 Å². The Hall–Kier alpha value is -0.540. The molecule has 1 aliphatic heterocycles. The Morgan fingerprint density at radius 1 is 1.36 bits per heavy atom. The molecule has 2 N–H and O–H groups in total. The fourth-order valence-electron chi connectivity index (χ4n) is 2.84. The van der Waals surface area contributed by atoms with Crippen molar-refractivity contribution in [2.45, 2.75) is 20.3 Å². The van der Waals surface area contributed by atoms with Crippen molar-refractivity contribution in [3.63, 3.8) is 0 Å². The lowest BCUT2D eigenvalue weighted by Gasteiger charge is -2.18. The van der Waals surface area contributed by atoms with Gasteiger partial charge >= 0.3 is 0 Å². The topological polar surface area (TPSA) is 48.9 Å². The number of nitrogens with zero attached hydrogens (tertiary/aromatic N) is 2. The summed E-state index contributed by atoms with van der Waals surface area (Å²) in [4.78, 5) is 7.19. The Balaban J connectivity index is 0.00000312. The SMILES string of the molecule is CCNC(=NCC1CCN(c2cccc(Br)c2)C1)NCCOCC.I. The lowest BCUT2D eigenvalue weighted by atomic mass is 10.1. The molecule has 2 rings (SSSR count). The van der Waals surface area contributed by atoms with Gasteiger partial charge < -0.3 is 20.3 Å². The lowest BCUT2D eigenvalue weighted by Crippen LogP contribution is -2.39. The van der Waals surface area contributed by atoms with E-state index in [2.05, 4.69) is 62.7 Å². The number of nitrogens with one attached hydrogen (secondary N) is 2. The maximum absolute atomic E-state index is 5.36. The highest BCUT2D eigenvalue weighted by Gasteiger charge is 2.22. The minimum Gasteiger partial charge on any atom is -0.380 e. The van der Waals surface area contributed by atoms with E-state index >= 15 is 0 Å². The second-order valence-corrected chi connectivity index (χ2v) is 6.84. The second kappa shape index (κ2) is 12.8. The molecule has 7 heteroatoms. The fourth-order valence-corrected chi connectivity index (χ4v) is 3.22. The first-order valence-corrected chi connectivity index (χ1v) is 9.62. The van der Waals surface area contributed by atoms with Crippen LogP contribution < -0.4 is 15.5 Å². The van der Waals surface area contributed by atoms with Gasteiger partial charge in [0.1, 0.15) is 0 Å². The van der Waals surface area contributed by atoms with E-state index in [4.69, 9.17) is 9.73 Å². The number of rotatable bonds is 8. The third-order valence-corrected chi connectivity index (χ3v) is 4.55. The third kappa shape index (κ3) is 8.13. The van der Waals surface area contributed by atoms with Crippen LogP contribution in [0.5, 0.6) is 0 Å². The molecular weight excluding hydrogens is 495 g/mol. The molecule has 142 valence electrons. The van der Waals surface area contributed by atoms with Gasteiger partial charge in [0.25, 0.3) is 0 Å². The van der Waals surface area contributed by atoms with Gasteiger partial charge in [0, 0.05) is 49.5 Å². The van der Waals surface area contributed by atoms with Crippen molar-refractivity contribution in [1.29, 1.82) is 0 Å². The zero-order chi connectivity index (χ0) is 17.2. The number of hydrogen-bond donors (Lipinski definition) is 2. The molecule has 1 aromatic carbocycles. The minimum atomic E-state index is 0. The predicted octanol–water partition coefficient (Wildman–Crippen LogP) is 3.49. The molecular formula is C18H30BrIN4O. The summed E-state index contributed by atoms with van der Waals surface area (Å²) in [6, 6.07) is 8.52. The van der Waals surface area contributed by atoms with Gasteiger partial charge in [0.15, 0.2) is 5.96 Å². The summed E-state index contributed by atoms with van der Waals surface area (Å²) in [5, 5.41) is 6.62. The summed E-state index contributed by atoms with van der Waals surface area (Å²) in [5.41, 5.74) is 1.29. The summed E-state index contributed by atoms with van der Waals surface area (Å²) < 4.78 is 6.49. The molecule has 1 aliphatic rings. The Bertz CT molecular complexity index is 530. The summed E-state index contributed by atoms with van der Waals surface area (Å²) >= 11 is 3.55. The molecule has 0 aromatic heterocycles. The first kappa shape index (κ1) is 22.5. The molecule has 1 saturated heterocycles. The van der Waals surface area contributed by atoms with Crippen LogP contribution in [0.15, 0.2) is 33.7 Å². The fraction of sp³-hybridized carbons (Fsp3) is 0.611. The largest absolute Gasteiger partial charge is 0.380 e. The van der Waals surface area contributed by atoms with E-state index in [9.17, 15) is 0 Å². The maximum atomic E-state index is 5.36. The highest BCUT2D eigenvalue weighted by atomic mass is 127. The van der Waals surface area contributed by atoms with Gasteiger partial charge in [-0.3, -0.25) is 4.99 Å². The molecule has 0 saturated carbocycles. The van der Waals surface area contributed by atoms with Crippen LogP contribution in [-0.2, 0) is 4.74 Å². The van der Waals surface area contributed by atoms with Crippen LogP contribution in [0.1, 0.15) is 20.3 Å². The smallest absolute Gasteiger partial charge is 0.191 e. The van der Waals surface area contributed by atoms with Crippen LogP contribution in [0.2, 0.25) is 0 Å². The molecule has 1 unspecified atom stereocenters. The Labute approximate surface area is 177 Å². The van der Waals surface area contributed by atoms with Crippen LogP contribution in [0.25, 0.3) is 0 Å². The lowest BCUT2D eigenvalue weighted by molar-refractivity contribution is 0.152. The highest BCUT2D eigenvalue weighted by molar-refractivity contribution is 14.0. The van der Waals surface area contributed by atoms with Gasteiger partial charge in [-0.15, -0.1) is 24.0 Å². The van der Waals surface area contributed by atoms with E-state index < -0.39 is 0 Å². The van der Waals surface area contributed by atoms with Crippen LogP contribution in [0.4, 0.5) is 5.69 Å². The van der Waals surface area contributed by atoms with Gasteiger partial charge in [0.05, 0.1) is 6.61 Å².